The molecule has 0 radical (unpaired) electrons. The maximum atomic E-state index is 11.5. The van der Waals surface area contributed by atoms with Crippen molar-refractivity contribution in [1.29, 1.82) is 5.26 Å². The second kappa shape index (κ2) is 6.87. The van der Waals surface area contributed by atoms with E-state index < -0.39 is 12.2 Å². The molecular weight excluding hydrogens is 234 g/mol. The van der Waals surface area contributed by atoms with Crippen LogP contribution in [0.15, 0.2) is 24.3 Å². The topological polar surface area (TPSA) is 102 Å². The largest absolute Gasteiger partial charge is 0.396 e. The minimum atomic E-state index is -1.16. The molecule has 0 spiro atoms. The lowest BCUT2D eigenvalue weighted by Crippen LogP contribution is -2.19. The normalized spacial score (nSPS) is 13.7. The molecule has 5 heteroatoms. The molecule has 0 heterocycles. The summed E-state index contributed by atoms with van der Waals surface area (Å²) in [6, 6.07) is 7.92. The van der Waals surface area contributed by atoms with E-state index in [0.717, 1.165) is 0 Å². The van der Waals surface area contributed by atoms with Crippen LogP contribution in [-0.2, 0) is 0 Å². The summed E-state index contributed by atoms with van der Waals surface area (Å²) in [6.45, 7) is -0.231. The van der Waals surface area contributed by atoms with Gasteiger partial charge in [-0.25, -0.2) is 0 Å². The van der Waals surface area contributed by atoms with Crippen molar-refractivity contribution in [2.75, 3.05) is 6.61 Å². The molecule has 0 bridgehead atoms. The van der Waals surface area contributed by atoms with Gasteiger partial charge in [0.05, 0.1) is 18.6 Å². The Morgan fingerprint density at radius 3 is 2.72 bits per heavy atom. The fourth-order valence-electron chi connectivity index (χ4n) is 1.58. The van der Waals surface area contributed by atoms with Crippen molar-refractivity contribution in [3.8, 4) is 6.07 Å². The molecule has 1 rings (SSSR count). The summed E-state index contributed by atoms with van der Waals surface area (Å²) in [4.78, 5) is 11.5. The molecule has 2 unspecified atom stereocenters. The SMILES string of the molecule is N#CCC(=O)c1cccc(C(O)C(O)CCO)c1. The number of hydrogen-bond donors (Lipinski definition) is 3. The molecular formula is C13H15NO4. The highest BCUT2D eigenvalue weighted by atomic mass is 16.3. The van der Waals surface area contributed by atoms with Crippen LogP contribution in [0.3, 0.4) is 0 Å². The van der Waals surface area contributed by atoms with Gasteiger partial charge in [0.1, 0.15) is 6.10 Å². The van der Waals surface area contributed by atoms with Gasteiger partial charge in [-0.15, -0.1) is 0 Å². The Morgan fingerprint density at radius 2 is 2.11 bits per heavy atom. The number of rotatable bonds is 6. The van der Waals surface area contributed by atoms with Gasteiger partial charge in [0.15, 0.2) is 5.78 Å². The van der Waals surface area contributed by atoms with Gasteiger partial charge in [-0.1, -0.05) is 18.2 Å². The Kier molecular flexibility index (Phi) is 5.46. The Morgan fingerprint density at radius 1 is 1.39 bits per heavy atom. The first-order valence-electron chi connectivity index (χ1n) is 5.57. The number of nitriles is 1. The molecule has 96 valence electrons. The average molecular weight is 249 g/mol. The van der Waals surface area contributed by atoms with E-state index in [1.165, 1.54) is 6.07 Å². The van der Waals surface area contributed by atoms with Crippen LogP contribution >= 0.6 is 0 Å². The second-order valence-electron chi connectivity index (χ2n) is 3.91. The standard InChI is InChI=1S/C13H15NO4/c14-6-4-11(16)9-2-1-3-10(8-9)13(18)12(17)5-7-15/h1-3,8,12-13,15,17-18H,4-5,7H2. The van der Waals surface area contributed by atoms with E-state index in [4.69, 9.17) is 10.4 Å². The Labute approximate surface area is 105 Å². The van der Waals surface area contributed by atoms with E-state index in [1.54, 1.807) is 24.3 Å². The van der Waals surface area contributed by atoms with E-state index in [0.29, 0.717) is 11.1 Å². The monoisotopic (exact) mass is 249 g/mol. The number of nitrogens with zero attached hydrogens (tertiary/aromatic N) is 1. The van der Waals surface area contributed by atoms with Gasteiger partial charge in [-0.2, -0.15) is 5.26 Å². The minimum absolute atomic E-state index is 0.0531. The van der Waals surface area contributed by atoms with Crippen molar-refractivity contribution in [1.82, 2.24) is 0 Å². The molecule has 0 aliphatic heterocycles. The maximum Gasteiger partial charge on any atom is 0.176 e. The van der Waals surface area contributed by atoms with Crippen molar-refractivity contribution in [2.24, 2.45) is 0 Å². The summed E-state index contributed by atoms with van der Waals surface area (Å²) in [7, 11) is 0. The first-order valence-corrected chi connectivity index (χ1v) is 5.57. The highest BCUT2D eigenvalue weighted by Gasteiger charge is 2.18. The number of carbonyl (C=O) groups is 1. The molecule has 0 amide bonds. The van der Waals surface area contributed by atoms with E-state index in [1.807, 2.05) is 0 Å². The maximum absolute atomic E-state index is 11.5. The molecule has 3 N–H and O–H groups in total. The fourth-order valence-corrected chi connectivity index (χ4v) is 1.58. The molecule has 1 aromatic carbocycles. The smallest absolute Gasteiger partial charge is 0.176 e. The first kappa shape index (κ1) is 14.3. The fraction of sp³-hybridized carbons (Fsp3) is 0.385. The van der Waals surface area contributed by atoms with Crippen molar-refractivity contribution in [3.63, 3.8) is 0 Å². The third-order valence-corrected chi connectivity index (χ3v) is 2.58. The lowest BCUT2D eigenvalue weighted by atomic mass is 9.98. The molecule has 1 aromatic rings. The predicted molar refractivity (Wildman–Crippen MR) is 63.7 cm³/mol. The van der Waals surface area contributed by atoms with Crippen LogP contribution in [0.1, 0.15) is 34.9 Å². The third kappa shape index (κ3) is 3.64. The van der Waals surface area contributed by atoms with Crippen LogP contribution in [-0.4, -0.2) is 33.8 Å². The van der Waals surface area contributed by atoms with Crippen LogP contribution in [0.2, 0.25) is 0 Å². The minimum Gasteiger partial charge on any atom is -0.396 e. The van der Waals surface area contributed by atoms with Gasteiger partial charge >= 0.3 is 0 Å². The van der Waals surface area contributed by atoms with Gasteiger partial charge in [-0.05, 0) is 18.1 Å². The predicted octanol–water partition coefficient (Wildman–Crippen LogP) is 0.560. The van der Waals surface area contributed by atoms with Gasteiger partial charge in [0, 0.05) is 12.2 Å². The average Bonchev–Trinajstić information content (AvgIpc) is 2.38. The van der Waals surface area contributed by atoms with Crippen LogP contribution in [0.4, 0.5) is 0 Å². The summed E-state index contributed by atoms with van der Waals surface area (Å²) in [5.74, 6) is -0.330. The van der Waals surface area contributed by atoms with Crippen molar-refractivity contribution in [3.05, 3.63) is 35.4 Å². The second-order valence-corrected chi connectivity index (χ2v) is 3.91. The zero-order chi connectivity index (χ0) is 13.5. The summed E-state index contributed by atoms with van der Waals surface area (Å²) < 4.78 is 0. The number of ketones is 1. The highest BCUT2D eigenvalue weighted by molar-refractivity contribution is 5.97. The van der Waals surface area contributed by atoms with Crippen LogP contribution in [0, 0.1) is 11.3 Å². The Balaban J connectivity index is 2.88. The van der Waals surface area contributed by atoms with E-state index in [9.17, 15) is 15.0 Å². The quantitative estimate of drug-likeness (QED) is 0.639. The summed E-state index contributed by atoms with van der Waals surface area (Å²) in [5, 5.41) is 36.5. The lowest BCUT2D eigenvalue weighted by Gasteiger charge is -2.17. The molecule has 2 atom stereocenters. The number of carbonyl (C=O) groups excluding carboxylic acids is 1. The zero-order valence-electron chi connectivity index (χ0n) is 9.78. The van der Waals surface area contributed by atoms with Crippen molar-refractivity contribution >= 4 is 5.78 Å². The van der Waals surface area contributed by atoms with Crippen molar-refractivity contribution < 1.29 is 20.1 Å². The Hall–Kier alpha value is -1.74. The van der Waals surface area contributed by atoms with Crippen LogP contribution in [0.25, 0.3) is 0 Å². The number of benzene rings is 1. The summed E-state index contributed by atoms with van der Waals surface area (Å²) in [6.07, 6.45) is -2.42. The van der Waals surface area contributed by atoms with Gasteiger partial charge < -0.3 is 15.3 Å². The third-order valence-electron chi connectivity index (χ3n) is 2.58. The number of aliphatic hydroxyl groups excluding tert-OH is 3. The molecule has 18 heavy (non-hydrogen) atoms. The van der Waals surface area contributed by atoms with Gasteiger partial charge in [0.25, 0.3) is 0 Å². The number of aliphatic hydroxyl groups is 3. The van der Waals surface area contributed by atoms with Gasteiger partial charge in [0.2, 0.25) is 0 Å². The molecule has 5 nitrogen and oxygen atoms in total. The molecule has 0 fully saturated rings. The van der Waals surface area contributed by atoms with Crippen LogP contribution < -0.4 is 0 Å². The highest BCUT2D eigenvalue weighted by Crippen LogP contribution is 2.20. The number of hydrogen-bond acceptors (Lipinski definition) is 5. The number of Topliss-reactive ketones (excluding diaryl/α,β-unsaturated/α-hetero) is 1. The molecule has 0 saturated heterocycles. The Bertz CT molecular complexity index is 453. The van der Waals surface area contributed by atoms with Gasteiger partial charge in [-0.3, -0.25) is 4.79 Å². The summed E-state index contributed by atoms with van der Waals surface area (Å²) in [5.41, 5.74) is 0.712. The van der Waals surface area contributed by atoms with E-state index >= 15 is 0 Å². The van der Waals surface area contributed by atoms with E-state index in [-0.39, 0.29) is 25.2 Å². The summed E-state index contributed by atoms with van der Waals surface area (Å²) >= 11 is 0. The van der Waals surface area contributed by atoms with Crippen molar-refractivity contribution in [2.45, 2.75) is 25.0 Å². The molecule has 0 aliphatic carbocycles. The molecule has 0 saturated carbocycles. The molecule has 0 aromatic heterocycles. The zero-order valence-corrected chi connectivity index (χ0v) is 9.78. The molecule has 0 aliphatic rings. The van der Waals surface area contributed by atoms with E-state index in [2.05, 4.69) is 0 Å². The lowest BCUT2D eigenvalue weighted by molar-refractivity contribution is 0.00418. The first-order chi connectivity index (χ1) is 8.60. The van der Waals surface area contributed by atoms with Crippen LogP contribution in [0.5, 0.6) is 0 Å².